The summed E-state index contributed by atoms with van der Waals surface area (Å²) in [4.78, 5) is 13.5. The van der Waals surface area contributed by atoms with Gasteiger partial charge in [0.1, 0.15) is 6.04 Å². The summed E-state index contributed by atoms with van der Waals surface area (Å²) in [5.41, 5.74) is 2.81. The van der Waals surface area contributed by atoms with Crippen molar-refractivity contribution in [2.24, 2.45) is 0 Å². The van der Waals surface area contributed by atoms with E-state index < -0.39 is 6.04 Å². The van der Waals surface area contributed by atoms with Crippen LogP contribution in [0.3, 0.4) is 0 Å². The van der Waals surface area contributed by atoms with Crippen LogP contribution in [0.4, 0.5) is 0 Å². The number of nitrogens with zero attached hydrogens (tertiary/aromatic N) is 2. The van der Waals surface area contributed by atoms with Crippen molar-refractivity contribution in [3.63, 3.8) is 0 Å². The third kappa shape index (κ3) is 2.15. The molecular weight excluding hydrogens is 216 g/mol. The van der Waals surface area contributed by atoms with Gasteiger partial charge in [0.25, 0.3) is 5.91 Å². The molecule has 1 aliphatic rings. The number of hydrogen-bond donors (Lipinski definition) is 0. The average molecular weight is 230 g/mol. The van der Waals surface area contributed by atoms with Gasteiger partial charge in [-0.1, -0.05) is 6.07 Å². The van der Waals surface area contributed by atoms with Crippen LogP contribution in [0.1, 0.15) is 28.4 Å². The van der Waals surface area contributed by atoms with Crippen LogP contribution in [-0.4, -0.2) is 23.9 Å². The van der Waals surface area contributed by atoms with Crippen molar-refractivity contribution >= 4 is 5.91 Å². The van der Waals surface area contributed by atoms with E-state index in [0.717, 1.165) is 11.1 Å². The molecule has 0 N–H and O–H groups in total. The lowest BCUT2D eigenvalue weighted by atomic mass is 10.1. The van der Waals surface area contributed by atoms with Crippen molar-refractivity contribution in [2.45, 2.75) is 26.2 Å². The van der Waals surface area contributed by atoms with Crippen molar-refractivity contribution in [3.05, 3.63) is 34.9 Å². The fourth-order valence-electron chi connectivity index (χ4n) is 1.77. The Balaban J connectivity index is 2.23. The number of rotatable bonds is 2. The van der Waals surface area contributed by atoms with E-state index in [4.69, 9.17) is 10.00 Å². The molecule has 2 rings (SSSR count). The van der Waals surface area contributed by atoms with Crippen LogP contribution in [0.2, 0.25) is 0 Å². The molecular formula is C13H14N2O2. The maximum Gasteiger partial charge on any atom is 0.254 e. The molecule has 1 heterocycles. The summed E-state index contributed by atoms with van der Waals surface area (Å²) >= 11 is 0. The highest BCUT2D eigenvalue weighted by Gasteiger charge is 2.19. The van der Waals surface area contributed by atoms with Gasteiger partial charge in [-0.2, -0.15) is 5.26 Å². The van der Waals surface area contributed by atoms with E-state index in [1.54, 1.807) is 20.0 Å². The third-order valence-corrected chi connectivity index (χ3v) is 3.06. The molecule has 0 radical (unpaired) electrons. The highest BCUT2D eigenvalue weighted by molar-refractivity contribution is 5.94. The first kappa shape index (κ1) is 11.6. The topological polar surface area (TPSA) is 53.3 Å². The van der Waals surface area contributed by atoms with Gasteiger partial charge in [0.15, 0.2) is 0 Å². The molecule has 0 bridgehead atoms. The number of fused-ring (bicyclic) bond motifs is 1. The highest BCUT2D eigenvalue weighted by Crippen LogP contribution is 2.21. The lowest BCUT2D eigenvalue weighted by Crippen LogP contribution is -2.34. The number of carbonyl (C=O) groups is 1. The predicted octanol–water partition coefficient (Wildman–Crippen LogP) is 1.70. The number of amides is 1. The SMILES string of the molecule is CC(C#N)N(C)C(=O)c1ccc2c(c1)COC2. The van der Waals surface area contributed by atoms with Gasteiger partial charge in [-0.05, 0) is 30.2 Å². The second-order valence-electron chi connectivity index (χ2n) is 4.20. The van der Waals surface area contributed by atoms with E-state index in [-0.39, 0.29) is 5.91 Å². The zero-order chi connectivity index (χ0) is 12.4. The van der Waals surface area contributed by atoms with Gasteiger partial charge < -0.3 is 9.64 Å². The molecule has 0 aliphatic carbocycles. The second kappa shape index (κ2) is 4.56. The van der Waals surface area contributed by atoms with Crippen LogP contribution in [0.25, 0.3) is 0 Å². The smallest absolute Gasteiger partial charge is 0.254 e. The number of carbonyl (C=O) groups excluding carboxylic acids is 1. The molecule has 4 heteroatoms. The molecule has 4 nitrogen and oxygen atoms in total. The van der Waals surface area contributed by atoms with Gasteiger partial charge in [-0.25, -0.2) is 0 Å². The minimum Gasteiger partial charge on any atom is -0.372 e. The summed E-state index contributed by atoms with van der Waals surface area (Å²) in [5, 5.41) is 8.79. The fourth-order valence-corrected chi connectivity index (χ4v) is 1.77. The molecule has 1 aromatic carbocycles. The maximum absolute atomic E-state index is 12.1. The summed E-state index contributed by atoms with van der Waals surface area (Å²) in [6.45, 7) is 2.89. The maximum atomic E-state index is 12.1. The fraction of sp³-hybridized carbons (Fsp3) is 0.385. The van der Waals surface area contributed by atoms with Crippen LogP contribution in [0, 0.1) is 11.3 Å². The van der Waals surface area contributed by atoms with Gasteiger partial charge in [-0.3, -0.25) is 4.79 Å². The summed E-state index contributed by atoms with van der Waals surface area (Å²) in [5.74, 6) is -0.131. The van der Waals surface area contributed by atoms with Crippen LogP contribution >= 0.6 is 0 Å². The first-order valence-electron chi connectivity index (χ1n) is 5.50. The van der Waals surface area contributed by atoms with Crippen LogP contribution < -0.4 is 0 Å². The minimum atomic E-state index is -0.424. The van der Waals surface area contributed by atoms with Crippen molar-refractivity contribution < 1.29 is 9.53 Å². The molecule has 0 fully saturated rings. The zero-order valence-electron chi connectivity index (χ0n) is 9.93. The molecule has 1 aliphatic heterocycles. The standard InChI is InChI=1S/C13H14N2O2/c1-9(6-14)15(2)13(16)10-3-4-11-7-17-8-12(11)5-10/h3-5,9H,7-8H2,1-2H3. The van der Waals surface area contributed by atoms with Crippen molar-refractivity contribution in [2.75, 3.05) is 7.05 Å². The molecule has 17 heavy (non-hydrogen) atoms. The molecule has 0 aromatic heterocycles. The lowest BCUT2D eigenvalue weighted by Gasteiger charge is -2.19. The van der Waals surface area contributed by atoms with E-state index in [9.17, 15) is 4.79 Å². The highest BCUT2D eigenvalue weighted by atomic mass is 16.5. The van der Waals surface area contributed by atoms with Crippen molar-refractivity contribution in [3.8, 4) is 6.07 Å². The Labute approximate surface area is 100 Å². The summed E-state index contributed by atoms with van der Waals surface area (Å²) in [7, 11) is 1.64. The first-order chi connectivity index (χ1) is 8.13. The van der Waals surface area contributed by atoms with Gasteiger partial charge in [0.2, 0.25) is 0 Å². The van der Waals surface area contributed by atoms with Gasteiger partial charge in [0, 0.05) is 12.6 Å². The third-order valence-electron chi connectivity index (χ3n) is 3.06. The number of ether oxygens (including phenoxy) is 1. The molecule has 1 unspecified atom stereocenters. The molecule has 0 spiro atoms. The molecule has 1 amide bonds. The van der Waals surface area contributed by atoms with Crippen LogP contribution in [-0.2, 0) is 18.0 Å². The summed E-state index contributed by atoms with van der Waals surface area (Å²) < 4.78 is 5.30. The average Bonchev–Trinajstić information content (AvgIpc) is 2.83. The van der Waals surface area contributed by atoms with Gasteiger partial charge in [0.05, 0.1) is 19.3 Å². The normalized spacial score (nSPS) is 14.9. The van der Waals surface area contributed by atoms with Crippen LogP contribution in [0.5, 0.6) is 0 Å². The number of nitriles is 1. The van der Waals surface area contributed by atoms with E-state index in [1.807, 2.05) is 18.2 Å². The Morgan fingerprint density at radius 1 is 1.47 bits per heavy atom. The van der Waals surface area contributed by atoms with Crippen molar-refractivity contribution in [1.82, 2.24) is 4.90 Å². The number of benzene rings is 1. The largest absolute Gasteiger partial charge is 0.372 e. The first-order valence-corrected chi connectivity index (χ1v) is 5.50. The van der Waals surface area contributed by atoms with E-state index in [1.165, 1.54) is 4.90 Å². The Morgan fingerprint density at radius 2 is 2.18 bits per heavy atom. The molecule has 0 saturated carbocycles. The molecule has 1 atom stereocenters. The van der Waals surface area contributed by atoms with Gasteiger partial charge >= 0.3 is 0 Å². The molecule has 88 valence electrons. The Morgan fingerprint density at radius 3 is 2.88 bits per heavy atom. The van der Waals surface area contributed by atoms with E-state index in [0.29, 0.717) is 18.8 Å². The monoisotopic (exact) mass is 230 g/mol. The van der Waals surface area contributed by atoms with Crippen LogP contribution in [0.15, 0.2) is 18.2 Å². The lowest BCUT2D eigenvalue weighted by molar-refractivity contribution is 0.0773. The Bertz CT molecular complexity index is 491. The van der Waals surface area contributed by atoms with Gasteiger partial charge in [-0.15, -0.1) is 0 Å². The van der Waals surface area contributed by atoms with E-state index in [2.05, 4.69) is 0 Å². The quantitative estimate of drug-likeness (QED) is 0.777. The minimum absolute atomic E-state index is 0.131. The predicted molar refractivity (Wildman–Crippen MR) is 62.1 cm³/mol. The Kier molecular flexibility index (Phi) is 3.12. The second-order valence-corrected chi connectivity index (χ2v) is 4.20. The molecule has 1 aromatic rings. The van der Waals surface area contributed by atoms with Crippen molar-refractivity contribution in [1.29, 1.82) is 5.26 Å². The molecule has 0 saturated heterocycles. The Hall–Kier alpha value is -1.86. The number of hydrogen-bond acceptors (Lipinski definition) is 3. The summed E-state index contributed by atoms with van der Waals surface area (Å²) in [6.07, 6.45) is 0. The zero-order valence-corrected chi connectivity index (χ0v) is 9.93. The summed E-state index contributed by atoms with van der Waals surface area (Å²) in [6, 6.07) is 7.18. The van der Waals surface area contributed by atoms with E-state index >= 15 is 0 Å².